The Labute approximate surface area is 226 Å². The molecule has 0 bridgehead atoms. The molecule has 0 radical (unpaired) electrons. The first-order valence-electron chi connectivity index (χ1n) is 12.7. The van der Waals surface area contributed by atoms with Gasteiger partial charge >= 0.3 is 12.1 Å². The van der Waals surface area contributed by atoms with Crippen LogP contribution in [0.3, 0.4) is 0 Å². The third kappa shape index (κ3) is 6.53. The predicted octanol–water partition coefficient (Wildman–Crippen LogP) is 3.72. The molecule has 0 saturated carbocycles. The van der Waals surface area contributed by atoms with Crippen molar-refractivity contribution in [2.45, 2.75) is 25.4 Å². The van der Waals surface area contributed by atoms with Crippen LogP contribution in [0.4, 0.5) is 13.2 Å². The summed E-state index contributed by atoms with van der Waals surface area (Å²) < 4.78 is 45.9. The van der Waals surface area contributed by atoms with Crippen molar-refractivity contribution in [3.63, 3.8) is 0 Å². The summed E-state index contributed by atoms with van der Waals surface area (Å²) >= 11 is 1.40. The molecule has 212 valence electrons. The zero-order chi connectivity index (χ0) is 28.2. The zero-order valence-corrected chi connectivity index (χ0v) is 22.3. The van der Waals surface area contributed by atoms with Crippen molar-refractivity contribution >= 4 is 44.2 Å². The first-order chi connectivity index (χ1) is 18.6. The Hall–Kier alpha value is -3.16. The molecule has 13 heteroatoms. The SMILES string of the molecule is Cn1c(=O)c2c(OCCN3CCOCC3)c(C(=O)N3CCCCC3)sc2c2ccccc21.O=C(O)C(F)(F)F. The molecular weight excluding hydrogens is 539 g/mol. The molecule has 1 N–H and O–H groups in total. The largest absolute Gasteiger partial charge is 0.490 e. The Balaban J connectivity index is 0.000000448. The van der Waals surface area contributed by atoms with Crippen LogP contribution in [0.5, 0.6) is 5.75 Å². The Bertz CT molecular complexity index is 1390. The molecule has 1 aromatic carbocycles. The fourth-order valence-electron chi connectivity index (χ4n) is 4.66. The second-order valence-electron chi connectivity index (χ2n) is 9.30. The second kappa shape index (κ2) is 12.3. The summed E-state index contributed by atoms with van der Waals surface area (Å²) in [5, 5.41) is 8.63. The van der Waals surface area contributed by atoms with Gasteiger partial charge in [0.15, 0.2) is 5.75 Å². The number of pyridine rings is 1. The number of aryl methyl sites for hydroxylation is 1. The predicted molar refractivity (Wildman–Crippen MR) is 141 cm³/mol. The van der Waals surface area contributed by atoms with E-state index in [2.05, 4.69) is 4.90 Å². The number of rotatable bonds is 5. The van der Waals surface area contributed by atoms with Crippen molar-refractivity contribution in [1.29, 1.82) is 0 Å². The number of hydrogen-bond acceptors (Lipinski definition) is 7. The van der Waals surface area contributed by atoms with E-state index in [4.69, 9.17) is 19.4 Å². The number of para-hydroxylation sites is 1. The van der Waals surface area contributed by atoms with Gasteiger partial charge in [-0.25, -0.2) is 4.79 Å². The molecule has 9 nitrogen and oxygen atoms in total. The van der Waals surface area contributed by atoms with Crippen LogP contribution in [0.15, 0.2) is 29.1 Å². The van der Waals surface area contributed by atoms with Crippen LogP contribution in [0, 0.1) is 0 Å². The highest BCUT2D eigenvalue weighted by Gasteiger charge is 2.38. The van der Waals surface area contributed by atoms with Crippen molar-refractivity contribution in [2.75, 3.05) is 52.5 Å². The number of likely N-dealkylation sites (tertiary alicyclic amines) is 1. The molecule has 2 saturated heterocycles. The van der Waals surface area contributed by atoms with Gasteiger partial charge in [0.2, 0.25) is 0 Å². The molecule has 4 heterocycles. The van der Waals surface area contributed by atoms with E-state index in [1.54, 1.807) is 11.6 Å². The van der Waals surface area contributed by atoms with Crippen molar-refractivity contribution < 1.29 is 37.3 Å². The fraction of sp³-hybridized carbons (Fsp3) is 0.500. The molecule has 0 unspecified atom stereocenters. The van der Waals surface area contributed by atoms with Crippen molar-refractivity contribution in [3.8, 4) is 5.75 Å². The number of carbonyl (C=O) groups is 2. The Morgan fingerprint density at radius 3 is 2.36 bits per heavy atom. The highest BCUT2D eigenvalue weighted by atomic mass is 32.1. The number of alkyl halides is 3. The van der Waals surface area contributed by atoms with E-state index in [-0.39, 0.29) is 11.5 Å². The number of carboxylic acid groups (broad SMARTS) is 1. The zero-order valence-electron chi connectivity index (χ0n) is 21.5. The Kier molecular flexibility index (Phi) is 9.13. The maximum absolute atomic E-state index is 13.5. The fourth-order valence-corrected chi connectivity index (χ4v) is 5.89. The average molecular weight is 570 g/mol. The number of fused-ring (bicyclic) bond motifs is 3. The lowest BCUT2D eigenvalue weighted by molar-refractivity contribution is -0.192. The summed E-state index contributed by atoms with van der Waals surface area (Å²) in [7, 11) is 1.78. The van der Waals surface area contributed by atoms with E-state index in [1.165, 1.54) is 11.3 Å². The molecule has 3 aromatic rings. The molecule has 2 fully saturated rings. The maximum atomic E-state index is 13.5. The number of carbonyl (C=O) groups excluding carboxylic acids is 1. The van der Waals surface area contributed by atoms with E-state index in [0.29, 0.717) is 22.6 Å². The summed E-state index contributed by atoms with van der Waals surface area (Å²) in [4.78, 5) is 40.5. The van der Waals surface area contributed by atoms with Gasteiger partial charge in [0.25, 0.3) is 11.5 Å². The molecule has 0 atom stereocenters. The number of piperidine rings is 1. The smallest absolute Gasteiger partial charge is 0.490 e. The topological polar surface area (TPSA) is 101 Å². The van der Waals surface area contributed by atoms with Gasteiger partial charge in [0.05, 0.1) is 23.4 Å². The normalized spacial score (nSPS) is 16.7. The number of aromatic nitrogens is 1. The lowest BCUT2D eigenvalue weighted by Crippen LogP contribution is -2.39. The van der Waals surface area contributed by atoms with Gasteiger partial charge in [0.1, 0.15) is 16.9 Å². The van der Waals surface area contributed by atoms with Gasteiger partial charge < -0.3 is 24.0 Å². The molecule has 0 aliphatic carbocycles. The van der Waals surface area contributed by atoms with Crippen molar-refractivity contribution in [3.05, 3.63) is 39.5 Å². The molecular formula is C26H30F3N3O6S. The van der Waals surface area contributed by atoms with E-state index in [1.807, 2.05) is 29.2 Å². The van der Waals surface area contributed by atoms with Gasteiger partial charge in [-0.2, -0.15) is 13.2 Å². The third-order valence-electron chi connectivity index (χ3n) is 6.73. The van der Waals surface area contributed by atoms with Crippen LogP contribution in [0.1, 0.15) is 28.9 Å². The first-order valence-corrected chi connectivity index (χ1v) is 13.5. The van der Waals surface area contributed by atoms with Crippen LogP contribution >= 0.6 is 11.3 Å². The number of benzene rings is 1. The quantitative estimate of drug-likeness (QED) is 0.500. The summed E-state index contributed by atoms with van der Waals surface area (Å²) in [6.45, 7) is 5.91. The summed E-state index contributed by atoms with van der Waals surface area (Å²) in [6.07, 6.45) is -1.88. The summed E-state index contributed by atoms with van der Waals surface area (Å²) in [6, 6.07) is 7.86. The minimum atomic E-state index is -5.08. The molecule has 2 aromatic heterocycles. The molecule has 39 heavy (non-hydrogen) atoms. The average Bonchev–Trinajstić information content (AvgIpc) is 3.32. The third-order valence-corrected chi connectivity index (χ3v) is 7.92. The van der Waals surface area contributed by atoms with Gasteiger partial charge in [-0.05, 0) is 25.3 Å². The van der Waals surface area contributed by atoms with E-state index in [0.717, 1.165) is 80.8 Å². The van der Waals surface area contributed by atoms with Crippen LogP contribution in [0.25, 0.3) is 21.0 Å². The number of aliphatic carboxylic acids is 1. The Morgan fingerprint density at radius 2 is 1.72 bits per heavy atom. The molecule has 2 aliphatic heterocycles. The number of morpholine rings is 1. The minimum Gasteiger partial charge on any atom is -0.490 e. The first kappa shape index (κ1) is 28.8. The van der Waals surface area contributed by atoms with Gasteiger partial charge in [0, 0.05) is 45.2 Å². The number of ether oxygens (including phenoxy) is 2. The number of nitrogens with zero attached hydrogens (tertiary/aromatic N) is 3. The minimum absolute atomic E-state index is 0.0154. The molecule has 5 rings (SSSR count). The maximum Gasteiger partial charge on any atom is 0.490 e. The number of hydrogen-bond donors (Lipinski definition) is 1. The standard InChI is InChI=1S/C24H29N3O4S.C2HF3O2/c1-25-18-8-4-3-7-17(18)21-19(23(25)28)20(31-16-13-26-11-14-30-15-12-26)22(32-21)24(29)27-9-5-2-6-10-27;3-2(4,5)1(6)7/h3-4,7-8H,2,5-6,9-16H2,1H3;(H,6,7). The van der Waals surface area contributed by atoms with Crippen LogP contribution in [0.2, 0.25) is 0 Å². The molecule has 2 aliphatic rings. The van der Waals surface area contributed by atoms with Gasteiger partial charge in [-0.3, -0.25) is 14.5 Å². The monoisotopic (exact) mass is 569 g/mol. The number of carboxylic acids is 1. The van der Waals surface area contributed by atoms with Crippen LogP contribution < -0.4 is 10.3 Å². The summed E-state index contributed by atoms with van der Waals surface area (Å²) in [5.41, 5.74) is 0.747. The summed E-state index contributed by atoms with van der Waals surface area (Å²) in [5.74, 6) is -2.31. The van der Waals surface area contributed by atoms with Crippen LogP contribution in [-0.2, 0) is 16.6 Å². The Morgan fingerprint density at radius 1 is 1.08 bits per heavy atom. The van der Waals surface area contributed by atoms with E-state index in [9.17, 15) is 22.8 Å². The number of thiophene rings is 1. The number of halogens is 3. The highest BCUT2D eigenvalue weighted by molar-refractivity contribution is 7.22. The molecule has 0 spiro atoms. The second-order valence-corrected chi connectivity index (χ2v) is 10.3. The van der Waals surface area contributed by atoms with E-state index >= 15 is 0 Å². The van der Waals surface area contributed by atoms with Crippen LogP contribution in [-0.4, -0.2) is 90.1 Å². The lowest BCUT2D eigenvalue weighted by atomic mass is 10.1. The highest BCUT2D eigenvalue weighted by Crippen LogP contribution is 2.40. The lowest BCUT2D eigenvalue weighted by Gasteiger charge is -2.27. The van der Waals surface area contributed by atoms with Gasteiger partial charge in [-0.1, -0.05) is 18.2 Å². The van der Waals surface area contributed by atoms with E-state index < -0.39 is 12.1 Å². The molecule has 1 amide bonds. The number of amides is 1. The van der Waals surface area contributed by atoms with Crippen molar-refractivity contribution in [2.24, 2.45) is 7.05 Å². The van der Waals surface area contributed by atoms with Gasteiger partial charge in [-0.15, -0.1) is 11.3 Å². The van der Waals surface area contributed by atoms with Crippen molar-refractivity contribution in [1.82, 2.24) is 14.4 Å².